The molecule has 3 nitrogen and oxygen atoms in total. The molecule has 0 bridgehead atoms. The predicted octanol–water partition coefficient (Wildman–Crippen LogP) is -0.482. The van der Waals surface area contributed by atoms with Crippen molar-refractivity contribution in [3.05, 3.63) is 12.3 Å². The molecule has 8 heavy (non-hydrogen) atoms. The highest BCUT2D eigenvalue weighted by Crippen LogP contribution is 1.76. The van der Waals surface area contributed by atoms with Crippen LogP contribution >= 0.6 is 0 Å². The van der Waals surface area contributed by atoms with Crippen molar-refractivity contribution < 1.29 is 4.79 Å². The van der Waals surface area contributed by atoms with Crippen molar-refractivity contribution in [3.63, 3.8) is 0 Å². The second-order valence-electron chi connectivity index (χ2n) is 1.23. The van der Waals surface area contributed by atoms with Gasteiger partial charge in [-0.2, -0.15) is 0 Å². The van der Waals surface area contributed by atoms with Gasteiger partial charge in [-0.3, -0.25) is 4.79 Å². The standard InChI is InChI=1S/C5H4N2O/c8-5-1-2-6-3-4-7-5/h1-4H/q+1. The van der Waals surface area contributed by atoms with E-state index in [9.17, 15) is 4.79 Å². The molecule has 0 atom stereocenters. The van der Waals surface area contributed by atoms with E-state index >= 15 is 0 Å². The van der Waals surface area contributed by atoms with Crippen LogP contribution < -0.4 is 4.99 Å². The maximum atomic E-state index is 10.3. The van der Waals surface area contributed by atoms with Gasteiger partial charge in [-0.05, 0) is 0 Å². The second-order valence-corrected chi connectivity index (χ2v) is 1.23. The fraction of sp³-hybridized carbons (Fsp3) is 0. The monoisotopic (exact) mass is 108 g/mol. The largest absolute Gasteiger partial charge is 0.276 e. The van der Waals surface area contributed by atoms with Crippen LogP contribution in [0.5, 0.6) is 0 Å². The molecule has 0 saturated heterocycles. The van der Waals surface area contributed by atoms with Gasteiger partial charge in [0.25, 0.3) is 12.1 Å². The highest BCUT2D eigenvalue weighted by Gasteiger charge is 1.94. The zero-order chi connectivity index (χ0) is 5.82. The van der Waals surface area contributed by atoms with E-state index in [0.717, 1.165) is 0 Å². The van der Waals surface area contributed by atoms with Gasteiger partial charge in [0, 0.05) is 0 Å². The maximum Gasteiger partial charge on any atom is 0.276 e. The van der Waals surface area contributed by atoms with E-state index in [1.165, 1.54) is 24.7 Å². The van der Waals surface area contributed by atoms with Gasteiger partial charge in [0.15, 0.2) is 0 Å². The van der Waals surface area contributed by atoms with E-state index in [-0.39, 0.29) is 5.91 Å². The van der Waals surface area contributed by atoms with Gasteiger partial charge in [0.2, 0.25) is 6.20 Å². The highest BCUT2D eigenvalue weighted by molar-refractivity contribution is 6.19. The van der Waals surface area contributed by atoms with Gasteiger partial charge in [-0.1, -0.05) is 0 Å². The smallest absolute Gasteiger partial charge is 0.267 e. The summed E-state index contributed by atoms with van der Waals surface area (Å²) in [6.45, 7) is 0. The first-order valence-corrected chi connectivity index (χ1v) is 2.16. The summed E-state index contributed by atoms with van der Waals surface area (Å²) in [7, 11) is 0. The minimum Gasteiger partial charge on any atom is -0.267 e. The first kappa shape index (κ1) is 4.90. The van der Waals surface area contributed by atoms with Gasteiger partial charge in [0.05, 0.1) is 11.1 Å². The molecule has 3 heteroatoms. The molecular formula is C5H4N2O+. The number of hydrogen-bond acceptors (Lipinski definition) is 2. The van der Waals surface area contributed by atoms with Crippen LogP contribution in [0.1, 0.15) is 0 Å². The van der Waals surface area contributed by atoms with Crippen molar-refractivity contribution in [3.8, 4) is 0 Å². The predicted molar refractivity (Wildman–Crippen MR) is 30.8 cm³/mol. The molecule has 1 aliphatic rings. The summed E-state index contributed by atoms with van der Waals surface area (Å²) in [5.41, 5.74) is 0. The summed E-state index contributed by atoms with van der Waals surface area (Å²) >= 11 is 0. The van der Waals surface area contributed by atoms with E-state index in [0.29, 0.717) is 0 Å². The van der Waals surface area contributed by atoms with Crippen LogP contribution in [0, 0.1) is 0 Å². The van der Waals surface area contributed by atoms with Gasteiger partial charge in [-0.15, -0.1) is 0 Å². The first-order chi connectivity index (χ1) is 3.89. The van der Waals surface area contributed by atoms with Gasteiger partial charge in [-0.25, -0.2) is 4.99 Å². The Kier molecular flexibility index (Phi) is 1.32. The Morgan fingerprint density at radius 1 is 1.62 bits per heavy atom. The molecule has 1 rings (SSSR count). The summed E-state index contributed by atoms with van der Waals surface area (Å²) < 4.78 is 0. The number of aliphatic imine (C=N–C) groups is 2. The first-order valence-electron chi connectivity index (χ1n) is 2.16. The zero-order valence-corrected chi connectivity index (χ0v) is 4.11. The molecular weight excluding hydrogens is 104 g/mol. The average Bonchev–Trinajstić information content (AvgIpc) is 1.94. The number of nitrogens with zero attached hydrogens (tertiary/aromatic N) is 2. The number of rotatable bonds is 0. The van der Waals surface area contributed by atoms with Crippen LogP contribution in [-0.4, -0.2) is 18.3 Å². The highest BCUT2D eigenvalue weighted by atomic mass is 16.1. The van der Waals surface area contributed by atoms with Crippen molar-refractivity contribution in [1.29, 1.82) is 0 Å². The topological polar surface area (TPSA) is 43.5 Å². The van der Waals surface area contributed by atoms with Crippen LogP contribution in [0.3, 0.4) is 0 Å². The minimum atomic E-state index is -0.262. The molecule has 0 aromatic carbocycles. The molecule has 1 radical (unpaired) electrons. The Morgan fingerprint density at radius 3 is 3.38 bits per heavy atom. The summed E-state index contributed by atoms with van der Waals surface area (Å²) in [5.74, 6) is -0.262. The lowest BCUT2D eigenvalue weighted by atomic mass is 10.6. The van der Waals surface area contributed by atoms with Crippen molar-refractivity contribution in [2.45, 2.75) is 0 Å². The van der Waals surface area contributed by atoms with Crippen molar-refractivity contribution in [2.75, 3.05) is 0 Å². The summed E-state index contributed by atoms with van der Waals surface area (Å²) in [4.78, 5) is 17.4. The number of carbonyl (C=O) groups is 1. The van der Waals surface area contributed by atoms with E-state index in [4.69, 9.17) is 0 Å². The lowest BCUT2D eigenvalue weighted by molar-refractivity contribution is -0.113. The van der Waals surface area contributed by atoms with E-state index in [1.807, 2.05) is 0 Å². The quantitative estimate of drug-likeness (QED) is 0.413. The Balaban J connectivity index is 2.81. The molecule has 0 N–H and O–H groups in total. The molecule has 0 saturated carbocycles. The summed E-state index contributed by atoms with van der Waals surface area (Å²) in [6, 6.07) is 0. The summed E-state index contributed by atoms with van der Waals surface area (Å²) in [5, 5.41) is 0. The third-order valence-electron chi connectivity index (χ3n) is 0.658. The van der Waals surface area contributed by atoms with Crippen LogP contribution in [0.4, 0.5) is 0 Å². The normalized spacial score (nSPS) is 16.8. The number of hydrogen-bond donors (Lipinski definition) is 0. The van der Waals surface area contributed by atoms with E-state index in [2.05, 4.69) is 9.98 Å². The molecule has 0 aliphatic carbocycles. The van der Waals surface area contributed by atoms with Gasteiger partial charge in [0.1, 0.15) is 6.21 Å². The third-order valence-corrected chi connectivity index (χ3v) is 0.658. The SMILES string of the molecule is O=C1C=C[N+]=CC=N1. The van der Waals surface area contributed by atoms with Crippen molar-refractivity contribution in [2.24, 2.45) is 4.99 Å². The van der Waals surface area contributed by atoms with Gasteiger partial charge >= 0.3 is 0 Å². The van der Waals surface area contributed by atoms with E-state index < -0.39 is 0 Å². The molecule has 39 valence electrons. The average molecular weight is 108 g/mol. The molecule has 1 amide bonds. The molecule has 0 unspecified atom stereocenters. The lowest BCUT2D eigenvalue weighted by Gasteiger charge is -1.68. The fourth-order valence-corrected chi connectivity index (χ4v) is 0.345. The minimum absolute atomic E-state index is 0.262. The van der Waals surface area contributed by atoms with Crippen molar-refractivity contribution in [1.82, 2.24) is 4.99 Å². The van der Waals surface area contributed by atoms with Crippen LogP contribution in [0.25, 0.3) is 0 Å². The van der Waals surface area contributed by atoms with Crippen molar-refractivity contribution >= 4 is 18.3 Å². The zero-order valence-electron chi connectivity index (χ0n) is 4.11. The van der Waals surface area contributed by atoms with Crippen LogP contribution in [0.15, 0.2) is 17.3 Å². The Hall–Kier alpha value is -1.25. The van der Waals surface area contributed by atoms with Gasteiger partial charge < -0.3 is 0 Å². The third kappa shape index (κ3) is 1.11. The molecule has 1 aliphatic heterocycles. The number of amides is 1. The van der Waals surface area contributed by atoms with Crippen LogP contribution in [0.2, 0.25) is 0 Å². The molecule has 1 heterocycles. The second kappa shape index (κ2) is 2.16. The molecule has 0 aromatic heterocycles. The van der Waals surface area contributed by atoms with E-state index in [1.54, 1.807) is 0 Å². The molecule has 0 aromatic rings. The maximum absolute atomic E-state index is 10.3. The number of carbonyl (C=O) groups excluding carboxylic acids is 1. The Bertz CT molecular complexity index is 161. The Morgan fingerprint density at radius 2 is 2.50 bits per heavy atom. The molecule has 0 spiro atoms. The Labute approximate surface area is 46.5 Å². The molecule has 0 fully saturated rings. The fourth-order valence-electron chi connectivity index (χ4n) is 0.345. The summed E-state index contributed by atoms with van der Waals surface area (Å²) in [6.07, 6.45) is 5.54. The van der Waals surface area contributed by atoms with Crippen LogP contribution in [-0.2, 0) is 4.79 Å². The lowest BCUT2D eigenvalue weighted by Crippen LogP contribution is -1.84.